The molecule has 0 heterocycles. The minimum Gasteiger partial charge on any atom is -0.492 e. The lowest BCUT2D eigenvalue weighted by Crippen LogP contribution is -2.21. The van der Waals surface area contributed by atoms with E-state index in [2.05, 4.69) is 41.1 Å². The lowest BCUT2D eigenvalue weighted by molar-refractivity contribution is 0.198. The van der Waals surface area contributed by atoms with Gasteiger partial charge in [0, 0.05) is 4.47 Å². The Morgan fingerprint density at radius 1 is 1.39 bits per heavy atom. The highest BCUT2D eigenvalue weighted by Gasteiger charge is 2.19. The van der Waals surface area contributed by atoms with Crippen LogP contribution in [-0.4, -0.2) is 6.61 Å². The zero-order valence-corrected chi connectivity index (χ0v) is 12.0. The first-order chi connectivity index (χ1) is 8.72. The largest absolute Gasteiger partial charge is 0.492 e. The van der Waals surface area contributed by atoms with E-state index in [1.165, 1.54) is 0 Å². The third-order valence-electron chi connectivity index (χ3n) is 3.46. The summed E-state index contributed by atoms with van der Waals surface area (Å²) in [4.78, 5) is 0. The molecule has 94 valence electrons. The van der Waals surface area contributed by atoms with Crippen molar-refractivity contribution in [3.05, 3.63) is 40.4 Å². The molecule has 0 fully saturated rings. The van der Waals surface area contributed by atoms with Crippen molar-refractivity contribution in [2.24, 2.45) is 11.8 Å². The van der Waals surface area contributed by atoms with Crippen molar-refractivity contribution >= 4 is 15.9 Å². The van der Waals surface area contributed by atoms with Crippen LogP contribution in [0.15, 0.2) is 34.8 Å². The van der Waals surface area contributed by atoms with E-state index in [4.69, 9.17) is 10.00 Å². The van der Waals surface area contributed by atoms with Crippen LogP contribution in [0.2, 0.25) is 0 Å². The number of halogens is 1. The number of hydrogen-bond donors (Lipinski definition) is 0. The molecule has 1 aliphatic rings. The van der Waals surface area contributed by atoms with Crippen LogP contribution in [0.3, 0.4) is 0 Å². The molecular formula is C15H16BrNO. The summed E-state index contributed by atoms with van der Waals surface area (Å²) in [7, 11) is 0. The quantitative estimate of drug-likeness (QED) is 0.780. The molecule has 1 aromatic carbocycles. The maximum absolute atomic E-state index is 9.12. The molecule has 2 atom stereocenters. The summed E-state index contributed by atoms with van der Waals surface area (Å²) in [6.45, 7) is 2.93. The number of nitriles is 1. The molecule has 0 amide bonds. The Kier molecular flexibility index (Phi) is 4.43. The molecule has 0 N–H and O–H groups in total. The Balaban J connectivity index is 2.05. The van der Waals surface area contributed by atoms with Gasteiger partial charge in [0.05, 0.1) is 6.61 Å². The first-order valence-electron chi connectivity index (χ1n) is 6.18. The van der Waals surface area contributed by atoms with Gasteiger partial charge >= 0.3 is 0 Å². The molecule has 1 aliphatic carbocycles. The average Bonchev–Trinajstić information content (AvgIpc) is 2.38. The van der Waals surface area contributed by atoms with E-state index >= 15 is 0 Å². The van der Waals surface area contributed by atoms with Gasteiger partial charge in [-0.25, -0.2) is 0 Å². The summed E-state index contributed by atoms with van der Waals surface area (Å²) in [6, 6.07) is 7.78. The predicted molar refractivity (Wildman–Crippen MR) is 75.4 cm³/mol. The van der Waals surface area contributed by atoms with Gasteiger partial charge in [0.25, 0.3) is 0 Å². The van der Waals surface area contributed by atoms with E-state index < -0.39 is 0 Å². The first-order valence-corrected chi connectivity index (χ1v) is 6.98. The standard InChI is InChI=1S/C15H16BrNO/c1-11-5-2-3-6-12(11)10-18-15-8-4-7-14(16)13(15)9-17/h2-4,7-8,11-12H,5-6,10H2,1H3. The third kappa shape index (κ3) is 2.94. The number of nitrogens with zero attached hydrogens (tertiary/aromatic N) is 1. The van der Waals surface area contributed by atoms with Crippen molar-refractivity contribution in [2.45, 2.75) is 19.8 Å². The summed E-state index contributed by atoms with van der Waals surface area (Å²) in [5.41, 5.74) is 0.580. The van der Waals surface area contributed by atoms with Crippen molar-refractivity contribution in [1.29, 1.82) is 5.26 Å². The Morgan fingerprint density at radius 2 is 2.17 bits per heavy atom. The van der Waals surface area contributed by atoms with Crippen molar-refractivity contribution in [1.82, 2.24) is 0 Å². The number of hydrogen-bond acceptors (Lipinski definition) is 2. The van der Waals surface area contributed by atoms with E-state index in [-0.39, 0.29) is 0 Å². The van der Waals surface area contributed by atoms with E-state index in [0.717, 1.165) is 17.3 Å². The van der Waals surface area contributed by atoms with Crippen LogP contribution in [-0.2, 0) is 0 Å². The molecule has 0 aliphatic heterocycles. The van der Waals surface area contributed by atoms with Gasteiger partial charge in [-0.05, 0) is 52.7 Å². The zero-order valence-electron chi connectivity index (χ0n) is 10.4. The van der Waals surface area contributed by atoms with Gasteiger partial charge in [-0.3, -0.25) is 0 Å². The molecule has 0 aromatic heterocycles. The van der Waals surface area contributed by atoms with Gasteiger partial charge in [-0.15, -0.1) is 0 Å². The molecule has 0 radical (unpaired) electrons. The zero-order chi connectivity index (χ0) is 13.0. The summed E-state index contributed by atoms with van der Waals surface area (Å²) in [5.74, 6) is 1.86. The fourth-order valence-electron chi connectivity index (χ4n) is 2.17. The fourth-order valence-corrected chi connectivity index (χ4v) is 2.61. The molecule has 3 heteroatoms. The molecule has 0 spiro atoms. The minimum absolute atomic E-state index is 0.542. The Bertz CT molecular complexity index is 490. The number of allylic oxidation sites excluding steroid dienone is 2. The summed E-state index contributed by atoms with van der Waals surface area (Å²) in [5, 5.41) is 9.12. The van der Waals surface area contributed by atoms with Crippen molar-refractivity contribution in [2.75, 3.05) is 6.61 Å². The van der Waals surface area contributed by atoms with Crippen LogP contribution in [0.4, 0.5) is 0 Å². The van der Waals surface area contributed by atoms with E-state index in [9.17, 15) is 0 Å². The Hall–Kier alpha value is -1.27. The molecule has 0 saturated heterocycles. The highest BCUT2D eigenvalue weighted by Crippen LogP contribution is 2.29. The maximum atomic E-state index is 9.12. The molecule has 1 aromatic rings. The van der Waals surface area contributed by atoms with E-state index in [1.54, 1.807) is 0 Å². The van der Waals surface area contributed by atoms with Crippen LogP contribution in [0, 0.1) is 23.2 Å². The molecule has 0 saturated carbocycles. The van der Waals surface area contributed by atoms with Crippen LogP contribution >= 0.6 is 15.9 Å². The van der Waals surface area contributed by atoms with Gasteiger partial charge in [0.2, 0.25) is 0 Å². The van der Waals surface area contributed by atoms with Crippen molar-refractivity contribution in [3.63, 3.8) is 0 Å². The summed E-state index contributed by atoms with van der Waals surface area (Å²) >= 11 is 3.37. The minimum atomic E-state index is 0.542. The van der Waals surface area contributed by atoms with Crippen LogP contribution in [0.5, 0.6) is 5.75 Å². The predicted octanol–water partition coefficient (Wildman–Crippen LogP) is 4.30. The van der Waals surface area contributed by atoms with Crippen molar-refractivity contribution < 1.29 is 4.74 Å². The molecule has 2 rings (SSSR count). The topological polar surface area (TPSA) is 33.0 Å². The summed E-state index contributed by atoms with van der Waals surface area (Å²) < 4.78 is 6.62. The van der Waals surface area contributed by atoms with Gasteiger partial charge < -0.3 is 4.74 Å². The van der Waals surface area contributed by atoms with Gasteiger partial charge in [0.15, 0.2) is 0 Å². The lowest BCUT2D eigenvalue weighted by Gasteiger charge is -2.25. The average molecular weight is 306 g/mol. The molecule has 2 unspecified atom stereocenters. The Morgan fingerprint density at radius 3 is 2.89 bits per heavy atom. The second-order valence-electron chi connectivity index (χ2n) is 4.72. The van der Waals surface area contributed by atoms with Crippen LogP contribution in [0.1, 0.15) is 25.3 Å². The lowest BCUT2D eigenvalue weighted by atomic mass is 9.85. The highest BCUT2D eigenvalue weighted by atomic mass is 79.9. The molecule has 0 bridgehead atoms. The van der Waals surface area contributed by atoms with Gasteiger partial charge in [-0.2, -0.15) is 5.26 Å². The number of ether oxygens (including phenoxy) is 1. The van der Waals surface area contributed by atoms with Gasteiger partial charge in [0.1, 0.15) is 17.4 Å². The van der Waals surface area contributed by atoms with E-state index in [1.807, 2.05) is 18.2 Å². The third-order valence-corrected chi connectivity index (χ3v) is 4.12. The molecular weight excluding hydrogens is 290 g/mol. The fraction of sp³-hybridized carbons (Fsp3) is 0.400. The van der Waals surface area contributed by atoms with Gasteiger partial charge in [-0.1, -0.05) is 25.1 Å². The number of rotatable bonds is 3. The molecule has 18 heavy (non-hydrogen) atoms. The maximum Gasteiger partial charge on any atom is 0.138 e. The smallest absolute Gasteiger partial charge is 0.138 e. The second-order valence-corrected chi connectivity index (χ2v) is 5.57. The Labute approximate surface area is 116 Å². The number of benzene rings is 1. The monoisotopic (exact) mass is 305 g/mol. The first kappa shape index (κ1) is 13.2. The molecule has 2 nitrogen and oxygen atoms in total. The SMILES string of the molecule is CC1CC=CCC1COc1cccc(Br)c1C#N. The van der Waals surface area contributed by atoms with E-state index in [0.29, 0.717) is 29.8 Å². The second kappa shape index (κ2) is 6.06. The van der Waals surface area contributed by atoms with Crippen LogP contribution in [0.25, 0.3) is 0 Å². The van der Waals surface area contributed by atoms with Crippen LogP contribution < -0.4 is 4.74 Å². The summed E-state index contributed by atoms with van der Waals surface area (Å²) in [6.07, 6.45) is 6.65. The highest BCUT2D eigenvalue weighted by molar-refractivity contribution is 9.10. The normalized spacial score (nSPS) is 22.5. The van der Waals surface area contributed by atoms with Crippen molar-refractivity contribution in [3.8, 4) is 11.8 Å².